The zero-order valence-electron chi connectivity index (χ0n) is 8.66. The maximum Gasteiger partial charge on any atom is 0.133 e. The van der Waals surface area contributed by atoms with Gasteiger partial charge in [0.25, 0.3) is 0 Å². The third-order valence-electron chi connectivity index (χ3n) is 2.10. The van der Waals surface area contributed by atoms with Crippen LogP contribution in [0.15, 0.2) is 16.6 Å². The van der Waals surface area contributed by atoms with Gasteiger partial charge in [-0.25, -0.2) is 0 Å². The van der Waals surface area contributed by atoms with Crippen molar-refractivity contribution >= 4 is 15.9 Å². The zero-order chi connectivity index (χ0) is 11.4. The van der Waals surface area contributed by atoms with E-state index in [-0.39, 0.29) is 6.54 Å². The Balaban J connectivity index is 3.29. The molecule has 0 radical (unpaired) electrons. The number of aliphatic hydroxyl groups excluding tert-OH is 1. The average molecular weight is 276 g/mol. The molecule has 3 N–H and O–H groups in total. The van der Waals surface area contributed by atoms with E-state index in [0.717, 1.165) is 0 Å². The van der Waals surface area contributed by atoms with E-state index in [9.17, 15) is 5.11 Å². The van der Waals surface area contributed by atoms with Gasteiger partial charge in [-0.2, -0.15) is 0 Å². The van der Waals surface area contributed by atoms with Crippen molar-refractivity contribution in [3.05, 3.63) is 22.2 Å². The molecular formula is C10H14BrNO3. The van der Waals surface area contributed by atoms with Gasteiger partial charge in [0.05, 0.1) is 24.8 Å². The van der Waals surface area contributed by atoms with Crippen molar-refractivity contribution in [3.8, 4) is 11.5 Å². The Kier molecular flexibility index (Phi) is 4.38. The number of hydrogen-bond acceptors (Lipinski definition) is 4. The number of ether oxygens (including phenoxy) is 2. The molecule has 1 unspecified atom stereocenters. The summed E-state index contributed by atoms with van der Waals surface area (Å²) in [4.78, 5) is 0. The van der Waals surface area contributed by atoms with Crippen molar-refractivity contribution in [2.24, 2.45) is 5.73 Å². The Labute approximate surface area is 97.1 Å². The number of methoxy groups -OCH3 is 2. The molecule has 1 atom stereocenters. The minimum absolute atomic E-state index is 0.127. The van der Waals surface area contributed by atoms with Gasteiger partial charge in [-0.05, 0) is 28.1 Å². The lowest BCUT2D eigenvalue weighted by atomic mass is 10.1. The predicted octanol–water partition coefficient (Wildman–Crippen LogP) is 1.46. The van der Waals surface area contributed by atoms with Crippen LogP contribution in [0, 0.1) is 0 Å². The number of hydrogen-bond donors (Lipinski definition) is 2. The van der Waals surface area contributed by atoms with E-state index in [0.29, 0.717) is 21.5 Å². The van der Waals surface area contributed by atoms with E-state index in [2.05, 4.69) is 15.9 Å². The summed E-state index contributed by atoms with van der Waals surface area (Å²) in [6.45, 7) is 0.127. The third-order valence-corrected chi connectivity index (χ3v) is 2.92. The fraction of sp³-hybridized carbons (Fsp3) is 0.400. The molecule has 1 rings (SSSR count). The average Bonchev–Trinajstić information content (AvgIpc) is 2.27. The summed E-state index contributed by atoms with van der Waals surface area (Å²) in [6.07, 6.45) is -0.774. The molecule has 0 saturated heterocycles. The molecule has 15 heavy (non-hydrogen) atoms. The molecule has 0 aromatic heterocycles. The lowest BCUT2D eigenvalue weighted by molar-refractivity contribution is 0.180. The van der Waals surface area contributed by atoms with Gasteiger partial charge in [0, 0.05) is 12.1 Å². The van der Waals surface area contributed by atoms with Crippen molar-refractivity contribution in [1.82, 2.24) is 0 Å². The van der Waals surface area contributed by atoms with Crippen LogP contribution in [0.5, 0.6) is 11.5 Å². The molecule has 1 aromatic rings. The summed E-state index contributed by atoms with van der Waals surface area (Å²) < 4.78 is 10.9. The van der Waals surface area contributed by atoms with E-state index >= 15 is 0 Å². The molecule has 0 heterocycles. The number of nitrogens with two attached hydrogens (primary N) is 1. The Morgan fingerprint density at radius 3 is 2.33 bits per heavy atom. The summed E-state index contributed by atoms with van der Waals surface area (Å²) in [5.74, 6) is 1.22. The normalized spacial score (nSPS) is 12.3. The van der Waals surface area contributed by atoms with Crippen LogP contribution in [0.2, 0.25) is 0 Å². The van der Waals surface area contributed by atoms with Gasteiger partial charge in [0.1, 0.15) is 11.5 Å². The van der Waals surface area contributed by atoms with Crippen molar-refractivity contribution < 1.29 is 14.6 Å². The van der Waals surface area contributed by atoms with Crippen LogP contribution in [-0.4, -0.2) is 25.9 Å². The highest BCUT2D eigenvalue weighted by atomic mass is 79.9. The second-order valence-corrected chi connectivity index (χ2v) is 3.74. The molecule has 0 aliphatic rings. The molecule has 0 aliphatic carbocycles. The molecule has 4 nitrogen and oxygen atoms in total. The smallest absolute Gasteiger partial charge is 0.133 e. The quantitative estimate of drug-likeness (QED) is 0.873. The number of rotatable bonds is 4. The summed E-state index contributed by atoms with van der Waals surface area (Å²) in [5.41, 5.74) is 6.03. The fourth-order valence-electron chi connectivity index (χ4n) is 1.32. The zero-order valence-corrected chi connectivity index (χ0v) is 10.2. The van der Waals surface area contributed by atoms with Gasteiger partial charge in [-0.15, -0.1) is 0 Å². The van der Waals surface area contributed by atoms with E-state index in [1.807, 2.05) is 0 Å². The van der Waals surface area contributed by atoms with Crippen LogP contribution in [0.1, 0.15) is 11.7 Å². The standard InChI is InChI=1S/C10H14BrNO3/c1-14-7-3-4-8(15-2)10(11)9(7)6(13)5-12/h3-4,6,13H,5,12H2,1-2H3. The minimum atomic E-state index is -0.774. The Morgan fingerprint density at radius 2 is 1.87 bits per heavy atom. The largest absolute Gasteiger partial charge is 0.496 e. The topological polar surface area (TPSA) is 64.7 Å². The summed E-state index contributed by atoms with van der Waals surface area (Å²) in [7, 11) is 3.10. The van der Waals surface area contributed by atoms with Crippen molar-refractivity contribution in [2.45, 2.75) is 6.10 Å². The predicted molar refractivity (Wildman–Crippen MR) is 61.3 cm³/mol. The van der Waals surface area contributed by atoms with Crippen LogP contribution in [-0.2, 0) is 0 Å². The van der Waals surface area contributed by atoms with Crippen molar-refractivity contribution in [2.75, 3.05) is 20.8 Å². The van der Waals surface area contributed by atoms with Gasteiger partial charge >= 0.3 is 0 Å². The van der Waals surface area contributed by atoms with Gasteiger partial charge in [-0.3, -0.25) is 0 Å². The maximum absolute atomic E-state index is 9.75. The molecule has 0 amide bonds. The Bertz CT molecular complexity index is 344. The molecule has 1 aromatic carbocycles. The van der Waals surface area contributed by atoms with Gasteiger partial charge in [0.2, 0.25) is 0 Å². The summed E-state index contributed by atoms with van der Waals surface area (Å²) in [5, 5.41) is 9.75. The SMILES string of the molecule is COc1ccc(OC)c(C(O)CN)c1Br. The van der Waals surface area contributed by atoms with Crippen LogP contribution in [0.3, 0.4) is 0 Å². The van der Waals surface area contributed by atoms with E-state index in [1.54, 1.807) is 26.4 Å². The van der Waals surface area contributed by atoms with Gasteiger partial charge in [0.15, 0.2) is 0 Å². The first-order valence-electron chi connectivity index (χ1n) is 4.44. The van der Waals surface area contributed by atoms with Gasteiger partial charge < -0.3 is 20.3 Å². The molecule has 0 bridgehead atoms. The molecule has 0 aliphatic heterocycles. The van der Waals surface area contributed by atoms with Crippen LogP contribution in [0.4, 0.5) is 0 Å². The highest BCUT2D eigenvalue weighted by Crippen LogP contribution is 2.38. The minimum Gasteiger partial charge on any atom is -0.496 e. The molecule has 0 saturated carbocycles. The second-order valence-electron chi connectivity index (χ2n) is 2.95. The summed E-state index contributed by atoms with van der Waals surface area (Å²) >= 11 is 3.35. The molecule has 0 spiro atoms. The second kappa shape index (κ2) is 5.34. The molecular weight excluding hydrogens is 262 g/mol. The highest BCUT2D eigenvalue weighted by molar-refractivity contribution is 9.10. The summed E-state index contributed by atoms with van der Waals surface area (Å²) in [6, 6.07) is 3.49. The van der Waals surface area contributed by atoms with Gasteiger partial charge in [-0.1, -0.05) is 0 Å². The first kappa shape index (κ1) is 12.3. The van der Waals surface area contributed by atoms with Crippen LogP contribution in [0.25, 0.3) is 0 Å². The monoisotopic (exact) mass is 275 g/mol. The number of aliphatic hydroxyl groups is 1. The molecule has 0 fully saturated rings. The first-order chi connectivity index (χ1) is 7.15. The lowest BCUT2D eigenvalue weighted by Gasteiger charge is -2.16. The van der Waals surface area contributed by atoms with Crippen molar-refractivity contribution in [3.63, 3.8) is 0 Å². The van der Waals surface area contributed by atoms with E-state index < -0.39 is 6.10 Å². The van der Waals surface area contributed by atoms with E-state index in [4.69, 9.17) is 15.2 Å². The number of benzene rings is 1. The fourth-order valence-corrected chi connectivity index (χ4v) is 2.07. The lowest BCUT2D eigenvalue weighted by Crippen LogP contribution is -2.13. The number of halogens is 1. The van der Waals surface area contributed by atoms with Crippen LogP contribution < -0.4 is 15.2 Å². The van der Waals surface area contributed by atoms with Crippen LogP contribution >= 0.6 is 15.9 Å². The molecule has 5 heteroatoms. The maximum atomic E-state index is 9.75. The van der Waals surface area contributed by atoms with Crippen molar-refractivity contribution in [1.29, 1.82) is 0 Å². The highest BCUT2D eigenvalue weighted by Gasteiger charge is 2.18. The van der Waals surface area contributed by atoms with E-state index in [1.165, 1.54) is 0 Å². The Morgan fingerprint density at radius 1 is 1.33 bits per heavy atom. The third kappa shape index (κ3) is 2.42. The first-order valence-corrected chi connectivity index (χ1v) is 5.23. The molecule has 84 valence electrons. The Hall–Kier alpha value is -0.780.